The van der Waals surface area contributed by atoms with E-state index in [0.717, 1.165) is 6.08 Å². The standard InChI is InChI=1S/C3H5NO.C3H7N.2ClH/c1-2-3(4)5;1-2-3-4;;/h2H,1H2,(H2,4,5);2H,1,3-4H2;2*1H. The fraction of sp³-hybridized carbons (Fsp3) is 0.167. The van der Waals surface area contributed by atoms with E-state index in [9.17, 15) is 4.79 Å². The molecule has 5 heteroatoms. The molecule has 0 spiro atoms. The number of halogens is 2. The summed E-state index contributed by atoms with van der Waals surface area (Å²) in [6.07, 6.45) is 2.71. The second-order valence-corrected chi connectivity index (χ2v) is 1.13. The average molecular weight is 201 g/mol. The van der Waals surface area contributed by atoms with E-state index in [4.69, 9.17) is 5.73 Å². The predicted molar refractivity (Wildman–Crippen MR) is 53.1 cm³/mol. The lowest BCUT2D eigenvalue weighted by Crippen LogP contribution is -2.04. The maximum Gasteiger partial charge on any atom is 0.240 e. The molecule has 0 rings (SSSR count). The topological polar surface area (TPSA) is 69.1 Å². The Hall–Kier alpha value is -0.510. The van der Waals surface area contributed by atoms with Crippen LogP contribution in [0.2, 0.25) is 0 Å². The molecule has 1 amide bonds. The molecular weight excluding hydrogens is 187 g/mol. The summed E-state index contributed by atoms with van der Waals surface area (Å²) < 4.78 is 0. The zero-order valence-corrected chi connectivity index (χ0v) is 7.79. The van der Waals surface area contributed by atoms with E-state index in [0.29, 0.717) is 6.54 Å². The van der Waals surface area contributed by atoms with Crippen LogP contribution < -0.4 is 11.5 Å². The molecule has 0 aromatic rings. The van der Waals surface area contributed by atoms with Gasteiger partial charge in [0, 0.05) is 6.54 Å². The molecule has 0 radical (unpaired) electrons. The van der Waals surface area contributed by atoms with Gasteiger partial charge in [0.25, 0.3) is 0 Å². The van der Waals surface area contributed by atoms with Crippen molar-refractivity contribution < 1.29 is 4.79 Å². The van der Waals surface area contributed by atoms with Crippen molar-refractivity contribution in [2.45, 2.75) is 0 Å². The SMILES string of the molecule is C=CC(N)=O.C=CCN.Cl.Cl. The van der Waals surface area contributed by atoms with Crippen LogP contribution in [-0.2, 0) is 4.79 Å². The van der Waals surface area contributed by atoms with Crippen LogP contribution in [0.4, 0.5) is 0 Å². The molecule has 0 unspecified atom stereocenters. The molecule has 0 heterocycles. The first-order chi connectivity index (χ1) is 4.18. The minimum atomic E-state index is -0.481. The molecule has 0 saturated heterocycles. The summed E-state index contributed by atoms with van der Waals surface area (Å²) in [5.41, 5.74) is 9.44. The Balaban J connectivity index is -0.0000000383. The Kier molecular flexibility index (Phi) is 46.3. The van der Waals surface area contributed by atoms with Crippen LogP contribution in [-0.4, -0.2) is 12.5 Å². The van der Waals surface area contributed by atoms with Gasteiger partial charge in [-0.25, -0.2) is 0 Å². The number of nitrogens with two attached hydrogens (primary N) is 2. The smallest absolute Gasteiger partial charge is 0.240 e. The second-order valence-electron chi connectivity index (χ2n) is 1.13. The van der Waals surface area contributed by atoms with Crippen LogP contribution in [0.15, 0.2) is 25.3 Å². The summed E-state index contributed by atoms with van der Waals surface area (Å²) in [6.45, 7) is 7.02. The van der Waals surface area contributed by atoms with E-state index in [1.807, 2.05) is 0 Å². The second kappa shape index (κ2) is 22.7. The van der Waals surface area contributed by atoms with Crippen molar-refractivity contribution in [3.63, 3.8) is 0 Å². The third-order valence-corrected chi connectivity index (χ3v) is 0.368. The van der Waals surface area contributed by atoms with Crippen molar-refractivity contribution in [1.29, 1.82) is 0 Å². The summed E-state index contributed by atoms with van der Waals surface area (Å²) in [5, 5.41) is 0. The van der Waals surface area contributed by atoms with Gasteiger partial charge in [0.1, 0.15) is 0 Å². The van der Waals surface area contributed by atoms with Crippen LogP contribution in [0.3, 0.4) is 0 Å². The molecule has 0 aliphatic heterocycles. The fourth-order valence-corrected chi connectivity index (χ4v) is 0. The summed E-state index contributed by atoms with van der Waals surface area (Å²) >= 11 is 0. The number of amides is 1. The number of hydrogen-bond donors (Lipinski definition) is 2. The average Bonchev–Trinajstić information content (AvgIpc) is 1.89. The molecule has 0 saturated carbocycles. The summed E-state index contributed by atoms with van der Waals surface area (Å²) in [7, 11) is 0. The van der Waals surface area contributed by atoms with Crippen LogP contribution in [0.25, 0.3) is 0 Å². The highest BCUT2D eigenvalue weighted by Crippen LogP contribution is 1.48. The van der Waals surface area contributed by atoms with Crippen molar-refractivity contribution in [3.8, 4) is 0 Å². The Morgan fingerprint density at radius 2 is 1.55 bits per heavy atom. The first-order valence-electron chi connectivity index (χ1n) is 2.41. The van der Waals surface area contributed by atoms with Crippen molar-refractivity contribution in [1.82, 2.24) is 0 Å². The molecule has 0 aliphatic carbocycles. The minimum Gasteiger partial charge on any atom is -0.366 e. The lowest BCUT2D eigenvalue weighted by atomic mass is 10.6. The highest BCUT2D eigenvalue weighted by atomic mass is 35.5. The summed E-state index contributed by atoms with van der Waals surface area (Å²) in [6, 6.07) is 0. The van der Waals surface area contributed by atoms with Crippen molar-refractivity contribution in [2.75, 3.05) is 6.54 Å². The Labute approximate surface area is 79.3 Å². The van der Waals surface area contributed by atoms with Crippen LogP contribution in [0.5, 0.6) is 0 Å². The van der Waals surface area contributed by atoms with E-state index < -0.39 is 5.91 Å². The van der Waals surface area contributed by atoms with Gasteiger partial charge in [0.2, 0.25) is 5.91 Å². The van der Waals surface area contributed by atoms with Gasteiger partial charge in [-0.3, -0.25) is 4.79 Å². The van der Waals surface area contributed by atoms with Crippen LogP contribution in [0, 0.1) is 0 Å². The van der Waals surface area contributed by atoms with Crippen LogP contribution >= 0.6 is 24.8 Å². The van der Waals surface area contributed by atoms with Gasteiger partial charge in [-0.2, -0.15) is 0 Å². The minimum absolute atomic E-state index is 0. The van der Waals surface area contributed by atoms with Gasteiger partial charge in [0.05, 0.1) is 0 Å². The monoisotopic (exact) mass is 200 g/mol. The zero-order valence-electron chi connectivity index (χ0n) is 6.16. The van der Waals surface area contributed by atoms with Crippen molar-refractivity contribution in [2.24, 2.45) is 11.5 Å². The molecule has 11 heavy (non-hydrogen) atoms. The van der Waals surface area contributed by atoms with Gasteiger partial charge >= 0.3 is 0 Å². The Bertz CT molecular complexity index is 107. The highest BCUT2D eigenvalue weighted by molar-refractivity contribution is 5.85. The number of hydrogen-bond acceptors (Lipinski definition) is 2. The van der Waals surface area contributed by atoms with Gasteiger partial charge in [-0.1, -0.05) is 12.7 Å². The number of rotatable bonds is 2. The van der Waals surface area contributed by atoms with E-state index in [1.165, 1.54) is 0 Å². The van der Waals surface area contributed by atoms with Gasteiger partial charge in [0.15, 0.2) is 0 Å². The quantitative estimate of drug-likeness (QED) is 0.508. The fourth-order valence-electron chi connectivity index (χ4n) is 0. The summed E-state index contributed by atoms with van der Waals surface area (Å²) in [4.78, 5) is 9.47. The Morgan fingerprint density at radius 3 is 1.55 bits per heavy atom. The lowest BCUT2D eigenvalue weighted by Gasteiger charge is -1.65. The van der Waals surface area contributed by atoms with E-state index in [1.54, 1.807) is 6.08 Å². The van der Waals surface area contributed by atoms with Crippen molar-refractivity contribution >= 4 is 30.7 Å². The molecule has 0 aromatic carbocycles. The van der Waals surface area contributed by atoms with Gasteiger partial charge < -0.3 is 11.5 Å². The van der Waals surface area contributed by atoms with Gasteiger partial charge in [-0.05, 0) is 6.08 Å². The van der Waals surface area contributed by atoms with Crippen molar-refractivity contribution in [3.05, 3.63) is 25.3 Å². The molecule has 0 aliphatic rings. The molecule has 3 nitrogen and oxygen atoms in total. The molecule has 0 bridgehead atoms. The van der Waals surface area contributed by atoms with Gasteiger partial charge in [-0.15, -0.1) is 31.4 Å². The Morgan fingerprint density at radius 1 is 1.36 bits per heavy atom. The number of primary amides is 1. The maximum atomic E-state index is 9.47. The van der Waals surface area contributed by atoms with E-state index >= 15 is 0 Å². The molecular formula is C6H14Cl2N2O. The number of carbonyl (C=O) groups is 1. The maximum absolute atomic E-state index is 9.47. The molecule has 0 aromatic heterocycles. The molecule has 0 atom stereocenters. The zero-order chi connectivity index (χ0) is 7.70. The largest absolute Gasteiger partial charge is 0.366 e. The molecule has 4 N–H and O–H groups in total. The highest BCUT2D eigenvalue weighted by Gasteiger charge is 1.69. The first-order valence-corrected chi connectivity index (χ1v) is 2.41. The normalized spacial score (nSPS) is 5.18. The molecule has 0 fully saturated rings. The number of carbonyl (C=O) groups excluding carboxylic acids is 1. The predicted octanol–water partition coefficient (Wildman–Crippen LogP) is 0.632. The first kappa shape index (κ1) is 22.4. The summed E-state index contributed by atoms with van der Waals surface area (Å²) in [5.74, 6) is -0.481. The lowest BCUT2D eigenvalue weighted by molar-refractivity contribution is -0.113. The third-order valence-electron chi connectivity index (χ3n) is 0.368. The van der Waals surface area contributed by atoms with E-state index in [-0.39, 0.29) is 24.8 Å². The molecule has 68 valence electrons. The van der Waals surface area contributed by atoms with E-state index in [2.05, 4.69) is 18.9 Å². The van der Waals surface area contributed by atoms with Crippen LogP contribution in [0.1, 0.15) is 0 Å². The third kappa shape index (κ3) is 85.9.